The number of carbonyl (C=O) groups is 1. The van der Waals surface area contributed by atoms with Gasteiger partial charge in [0.05, 0.1) is 18.0 Å². The van der Waals surface area contributed by atoms with E-state index >= 15 is 0 Å². The van der Waals surface area contributed by atoms with E-state index in [1.54, 1.807) is 0 Å². The molecule has 26 heavy (non-hydrogen) atoms. The van der Waals surface area contributed by atoms with Crippen LogP contribution in [0, 0.1) is 16.7 Å². The van der Waals surface area contributed by atoms with E-state index in [9.17, 15) is 4.79 Å². The molecule has 1 aliphatic heterocycles. The van der Waals surface area contributed by atoms with Crippen LogP contribution in [-0.4, -0.2) is 47.3 Å². The molecule has 1 saturated carbocycles. The van der Waals surface area contributed by atoms with Crippen molar-refractivity contribution in [1.29, 1.82) is 10.8 Å². The van der Waals surface area contributed by atoms with Crippen LogP contribution in [0.4, 0.5) is 0 Å². The lowest BCUT2D eigenvalue weighted by Crippen LogP contribution is -2.33. The van der Waals surface area contributed by atoms with E-state index in [2.05, 4.69) is 10.3 Å². The first-order chi connectivity index (χ1) is 12.6. The van der Waals surface area contributed by atoms with Crippen molar-refractivity contribution in [3.63, 3.8) is 0 Å². The minimum absolute atomic E-state index is 0.00212. The van der Waals surface area contributed by atoms with Gasteiger partial charge in [-0.3, -0.25) is 15.2 Å². The number of nitrogens with zero attached hydrogens (tertiary/aromatic N) is 1. The Morgan fingerprint density at radius 1 is 1.38 bits per heavy atom. The van der Waals surface area contributed by atoms with Gasteiger partial charge in [-0.15, -0.1) is 11.6 Å². The molecule has 1 aliphatic carbocycles. The molecule has 140 valence electrons. The lowest BCUT2D eigenvalue weighted by molar-refractivity contribution is -0.113. The van der Waals surface area contributed by atoms with Crippen molar-refractivity contribution in [1.82, 2.24) is 10.3 Å². The number of Topliss-reactive ketones (excluding diaryl/α,β-unsaturated/α-hetero) is 1. The number of hydrogen-bond acceptors (Lipinski definition) is 6. The maximum absolute atomic E-state index is 12.1. The van der Waals surface area contributed by atoms with Gasteiger partial charge in [-0.2, -0.15) is 0 Å². The Balaban J connectivity index is 1.43. The SMILES string of the molecule is N=C(C(=O)CCCc1ccc(C2CNCCO2)nc1)C(Cl)C(=N)C1CC1. The number of hydrogen-bond donors (Lipinski definition) is 3. The number of carbonyl (C=O) groups excluding carboxylic acids is 1. The smallest absolute Gasteiger partial charge is 0.178 e. The molecule has 0 radical (unpaired) electrons. The third kappa shape index (κ3) is 4.96. The third-order valence-corrected chi connectivity index (χ3v) is 5.27. The van der Waals surface area contributed by atoms with Crippen molar-refractivity contribution in [3.8, 4) is 0 Å². The average molecular weight is 377 g/mol. The molecule has 6 nitrogen and oxygen atoms in total. The van der Waals surface area contributed by atoms with Crippen LogP contribution in [0.5, 0.6) is 0 Å². The van der Waals surface area contributed by atoms with Gasteiger partial charge in [-0.25, -0.2) is 0 Å². The molecule has 2 atom stereocenters. The molecule has 1 aromatic heterocycles. The van der Waals surface area contributed by atoms with E-state index in [1.807, 2.05) is 18.3 Å². The van der Waals surface area contributed by atoms with Gasteiger partial charge in [0.1, 0.15) is 11.5 Å². The fourth-order valence-electron chi connectivity index (χ4n) is 3.02. The summed E-state index contributed by atoms with van der Waals surface area (Å²) in [5.41, 5.74) is 2.16. The van der Waals surface area contributed by atoms with Crippen LogP contribution in [-0.2, 0) is 16.0 Å². The Labute approximate surface area is 158 Å². The summed E-state index contributed by atoms with van der Waals surface area (Å²) in [6, 6.07) is 3.99. The zero-order chi connectivity index (χ0) is 18.5. The Bertz CT molecular complexity index is 667. The number of aryl methyl sites for hydroxylation is 1. The number of aromatic nitrogens is 1. The molecule has 0 spiro atoms. The van der Waals surface area contributed by atoms with Crippen molar-refractivity contribution < 1.29 is 9.53 Å². The number of ether oxygens (including phenoxy) is 1. The summed E-state index contributed by atoms with van der Waals surface area (Å²) in [7, 11) is 0. The molecule has 3 rings (SSSR count). The predicted molar refractivity (Wildman–Crippen MR) is 102 cm³/mol. The number of ketones is 1. The summed E-state index contributed by atoms with van der Waals surface area (Å²) < 4.78 is 5.68. The van der Waals surface area contributed by atoms with E-state index in [0.717, 1.165) is 43.6 Å². The number of nitrogens with one attached hydrogen (secondary N) is 3. The van der Waals surface area contributed by atoms with Crippen LogP contribution in [0.15, 0.2) is 18.3 Å². The minimum atomic E-state index is -0.861. The standard InChI is InChI=1S/C19H25ClN4O2/c20-17(18(21)13-5-6-13)19(22)15(25)3-1-2-12-4-7-14(24-10-12)16-11-23-8-9-26-16/h4,7,10,13,16-17,21-23H,1-3,5-6,8-9,11H2. The molecule has 3 N–H and O–H groups in total. The van der Waals surface area contributed by atoms with E-state index in [1.165, 1.54) is 0 Å². The van der Waals surface area contributed by atoms with E-state index < -0.39 is 5.38 Å². The summed E-state index contributed by atoms with van der Waals surface area (Å²) in [6.07, 6.45) is 5.38. The molecule has 7 heteroatoms. The molecule has 1 aromatic rings. The van der Waals surface area contributed by atoms with Gasteiger partial charge in [-0.05, 0) is 43.2 Å². The fourth-order valence-corrected chi connectivity index (χ4v) is 3.32. The highest BCUT2D eigenvalue weighted by Crippen LogP contribution is 2.32. The molecule has 0 bridgehead atoms. The van der Waals surface area contributed by atoms with Gasteiger partial charge in [0.25, 0.3) is 0 Å². The molecule has 2 unspecified atom stereocenters. The van der Waals surface area contributed by atoms with E-state index in [0.29, 0.717) is 18.7 Å². The average Bonchev–Trinajstić information content (AvgIpc) is 3.52. The van der Waals surface area contributed by atoms with Crippen LogP contribution in [0.1, 0.15) is 43.0 Å². The first kappa shape index (κ1) is 19.1. The largest absolute Gasteiger partial charge is 0.369 e. The van der Waals surface area contributed by atoms with Crippen molar-refractivity contribution >= 4 is 28.8 Å². The molecule has 1 saturated heterocycles. The van der Waals surface area contributed by atoms with E-state index in [-0.39, 0.29) is 29.9 Å². The molecular formula is C19H25ClN4O2. The van der Waals surface area contributed by atoms with Crippen LogP contribution in [0.3, 0.4) is 0 Å². The van der Waals surface area contributed by atoms with Crippen LogP contribution >= 0.6 is 11.6 Å². The van der Waals surface area contributed by atoms with Gasteiger partial charge < -0.3 is 15.5 Å². The topological polar surface area (TPSA) is 98.9 Å². The summed E-state index contributed by atoms with van der Waals surface area (Å²) >= 11 is 6.10. The van der Waals surface area contributed by atoms with Gasteiger partial charge >= 0.3 is 0 Å². The van der Waals surface area contributed by atoms with Gasteiger partial charge in [-0.1, -0.05) is 6.07 Å². The summed E-state index contributed by atoms with van der Waals surface area (Å²) in [6.45, 7) is 2.35. The van der Waals surface area contributed by atoms with E-state index in [4.69, 9.17) is 27.2 Å². The zero-order valence-corrected chi connectivity index (χ0v) is 15.5. The molecule has 2 aliphatic rings. The molecule has 2 heterocycles. The number of pyridine rings is 1. The molecule has 2 fully saturated rings. The maximum Gasteiger partial charge on any atom is 0.178 e. The first-order valence-corrected chi connectivity index (χ1v) is 9.61. The number of morpholine rings is 1. The number of alkyl halides is 1. The van der Waals surface area contributed by atoms with Gasteiger partial charge in [0.15, 0.2) is 5.78 Å². The molecule has 0 amide bonds. The number of halogens is 1. The highest BCUT2D eigenvalue weighted by molar-refractivity contribution is 6.57. The summed E-state index contributed by atoms with van der Waals surface area (Å²) in [4.78, 5) is 16.6. The van der Waals surface area contributed by atoms with Crippen LogP contribution in [0.2, 0.25) is 0 Å². The van der Waals surface area contributed by atoms with Crippen molar-refractivity contribution in [2.24, 2.45) is 5.92 Å². The minimum Gasteiger partial charge on any atom is -0.369 e. The summed E-state index contributed by atoms with van der Waals surface area (Å²) in [5.74, 6) is -0.0831. The van der Waals surface area contributed by atoms with Crippen molar-refractivity contribution in [3.05, 3.63) is 29.6 Å². The first-order valence-electron chi connectivity index (χ1n) is 9.17. The second-order valence-electron chi connectivity index (χ2n) is 6.94. The Morgan fingerprint density at radius 3 is 2.81 bits per heavy atom. The Hall–Kier alpha value is -1.63. The van der Waals surface area contributed by atoms with Crippen LogP contribution < -0.4 is 5.32 Å². The van der Waals surface area contributed by atoms with Crippen molar-refractivity contribution in [2.75, 3.05) is 19.7 Å². The second kappa shape index (κ2) is 8.84. The quantitative estimate of drug-likeness (QED) is 0.455. The van der Waals surface area contributed by atoms with Gasteiger partial charge in [0, 0.05) is 31.4 Å². The summed E-state index contributed by atoms with van der Waals surface area (Å²) in [5, 5.41) is 18.2. The number of rotatable bonds is 9. The highest BCUT2D eigenvalue weighted by Gasteiger charge is 2.34. The third-order valence-electron chi connectivity index (χ3n) is 4.82. The predicted octanol–water partition coefficient (Wildman–Crippen LogP) is 2.69. The maximum atomic E-state index is 12.1. The lowest BCUT2D eigenvalue weighted by atomic mass is 10.0. The lowest BCUT2D eigenvalue weighted by Gasteiger charge is -2.23. The Morgan fingerprint density at radius 2 is 2.19 bits per heavy atom. The zero-order valence-electron chi connectivity index (χ0n) is 14.8. The Kier molecular flexibility index (Phi) is 6.51. The molecular weight excluding hydrogens is 352 g/mol. The second-order valence-corrected chi connectivity index (χ2v) is 7.37. The van der Waals surface area contributed by atoms with Crippen molar-refractivity contribution in [2.45, 2.75) is 43.6 Å². The van der Waals surface area contributed by atoms with Crippen LogP contribution in [0.25, 0.3) is 0 Å². The highest BCUT2D eigenvalue weighted by atomic mass is 35.5. The monoisotopic (exact) mass is 376 g/mol. The fraction of sp³-hybridized carbons (Fsp3) is 0.579. The molecule has 0 aromatic carbocycles. The normalized spacial score (nSPS) is 21.2. The van der Waals surface area contributed by atoms with Gasteiger partial charge in [0.2, 0.25) is 0 Å².